The summed E-state index contributed by atoms with van der Waals surface area (Å²) in [6.45, 7) is 2.63. The van der Waals surface area contributed by atoms with Gasteiger partial charge in [0.05, 0.1) is 4.47 Å². The molecule has 0 fully saturated rings. The molecule has 0 aromatic heterocycles. The molecule has 1 rings (SSSR count). The normalized spacial score (nSPS) is 11.4. The van der Waals surface area contributed by atoms with Gasteiger partial charge in [0.25, 0.3) is 5.91 Å². The Morgan fingerprint density at radius 2 is 2.26 bits per heavy atom. The van der Waals surface area contributed by atoms with E-state index in [1.54, 1.807) is 0 Å². The van der Waals surface area contributed by atoms with E-state index in [-0.39, 0.29) is 22.6 Å². The molecule has 3 N–H and O–H groups in total. The minimum absolute atomic E-state index is 0.0616. The zero-order valence-electron chi connectivity index (χ0n) is 10.4. The third kappa shape index (κ3) is 4.20. The quantitative estimate of drug-likeness (QED) is 0.375. The van der Waals surface area contributed by atoms with Crippen molar-refractivity contribution in [2.75, 3.05) is 13.1 Å². The number of oxime groups is 1. The molecule has 0 bridgehead atoms. The van der Waals surface area contributed by atoms with E-state index in [1.807, 2.05) is 6.92 Å². The van der Waals surface area contributed by atoms with Gasteiger partial charge in [-0.05, 0) is 41.1 Å². The number of hydrogen-bond donors (Lipinski definition) is 2. The maximum Gasteiger partial charge on any atom is 0.253 e. The van der Waals surface area contributed by atoms with Crippen LogP contribution < -0.4 is 5.73 Å². The fourth-order valence-corrected chi connectivity index (χ4v) is 1.89. The average molecular weight is 332 g/mol. The predicted octanol–water partition coefficient (Wildman–Crippen LogP) is 2.19. The Labute approximate surface area is 119 Å². The Morgan fingerprint density at radius 1 is 1.58 bits per heavy atom. The molecule has 0 spiro atoms. The smallest absolute Gasteiger partial charge is 0.253 e. The van der Waals surface area contributed by atoms with Crippen LogP contribution in [-0.4, -0.2) is 34.9 Å². The molecule has 0 aliphatic heterocycles. The van der Waals surface area contributed by atoms with Crippen molar-refractivity contribution in [2.45, 2.75) is 13.3 Å². The lowest BCUT2D eigenvalue weighted by Gasteiger charge is -2.20. The third-order valence-corrected chi connectivity index (χ3v) is 3.21. The highest BCUT2D eigenvalue weighted by Gasteiger charge is 2.15. The first-order valence-electron chi connectivity index (χ1n) is 5.70. The van der Waals surface area contributed by atoms with Crippen LogP contribution in [0, 0.1) is 5.82 Å². The van der Waals surface area contributed by atoms with Crippen LogP contribution in [0.15, 0.2) is 27.8 Å². The summed E-state index contributed by atoms with van der Waals surface area (Å²) in [7, 11) is 0. The summed E-state index contributed by atoms with van der Waals surface area (Å²) in [5.74, 6) is -0.586. The van der Waals surface area contributed by atoms with Gasteiger partial charge < -0.3 is 15.8 Å². The van der Waals surface area contributed by atoms with Gasteiger partial charge in [-0.2, -0.15) is 0 Å². The average Bonchev–Trinajstić information content (AvgIpc) is 2.41. The van der Waals surface area contributed by atoms with E-state index in [0.29, 0.717) is 18.7 Å². The second-order valence-corrected chi connectivity index (χ2v) is 4.71. The Morgan fingerprint density at radius 3 is 2.79 bits per heavy atom. The van der Waals surface area contributed by atoms with Gasteiger partial charge in [-0.3, -0.25) is 4.79 Å². The summed E-state index contributed by atoms with van der Waals surface area (Å²) in [4.78, 5) is 13.7. The van der Waals surface area contributed by atoms with Gasteiger partial charge in [-0.15, -0.1) is 0 Å². The lowest BCUT2D eigenvalue weighted by Crippen LogP contribution is -2.34. The van der Waals surface area contributed by atoms with Gasteiger partial charge in [0, 0.05) is 25.1 Å². The highest BCUT2D eigenvalue weighted by Crippen LogP contribution is 2.18. The van der Waals surface area contributed by atoms with Crippen LogP contribution in [0.3, 0.4) is 0 Å². The number of nitrogens with zero attached hydrogens (tertiary/aromatic N) is 2. The van der Waals surface area contributed by atoms with Gasteiger partial charge >= 0.3 is 0 Å². The van der Waals surface area contributed by atoms with E-state index >= 15 is 0 Å². The van der Waals surface area contributed by atoms with Crippen LogP contribution in [0.1, 0.15) is 23.7 Å². The van der Waals surface area contributed by atoms with Crippen molar-refractivity contribution < 1.29 is 14.4 Å². The highest BCUT2D eigenvalue weighted by atomic mass is 79.9. The first kappa shape index (κ1) is 15.4. The van der Waals surface area contributed by atoms with Crippen molar-refractivity contribution >= 4 is 27.7 Å². The van der Waals surface area contributed by atoms with Crippen molar-refractivity contribution in [3.05, 3.63) is 34.1 Å². The first-order chi connectivity index (χ1) is 8.99. The van der Waals surface area contributed by atoms with Crippen LogP contribution in [-0.2, 0) is 0 Å². The number of rotatable bonds is 5. The van der Waals surface area contributed by atoms with Crippen molar-refractivity contribution in [3.63, 3.8) is 0 Å². The molecule has 0 atom stereocenters. The topological polar surface area (TPSA) is 78.9 Å². The number of carbonyl (C=O) groups excluding carboxylic acids is 1. The molecule has 0 aliphatic carbocycles. The summed E-state index contributed by atoms with van der Waals surface area (Å²) in [5, 5.41) is 11.3. The zero-order chi connectivity index (χ0) is 14.4. The molecular formula is C12H15BrFN3O2. The van der Waals surface area contributed by atoms with E-state index in [4.69, 9.17) is 10.9 Å². The van der Waals surface area contributed by atoms with Crippen LogP contribution in [0.2, 0.25) is 0 Å². The number of nitrogens with two attached hydrogens (primary N) is 1. The maximum absolute atomic E-state index is 13.1. The van der Waals surface area contributed by atoms with E-state index in [2.05, 4.69) is 21.1 Å². The minimum atomic E-state index is -0.420. The Balaban J connectivity index is 2.80. The second kappa shape index (κ2) is 7.08. The summed E-state index contributed by atoms with van der Waals surface area (Å²) in [6.07, 6.45) is 0.276. The largest absolute Gasteiger partial charge is 0.409 e. The molecule has 19 heavy (non-hydrogen) atoms. The van der Waals surface area contributed by atoms with Crippen LogP contribution in [0.5, 0.6) is 0 Å². The zero-order valence-corrected chi connectivity index (χ0v) is 12.0. The monoisotopic (exact) mass is 331 g/mol. The third-order valence-electron chi connectivity index (χ3n) is 2.60. The highest BCUT2D eigenvalue weighted by molar-refractivity contribution is 9.10. The van der Waals surface area contributed by atoms with Gasteiger partial charge in [0.1, 0.15) is 11.7 Å². The summed E-state index contributed by atoms with van der Waals surface area (Å²) in [5.41, 5.74) is 5.75. The number of hydrogen-bond acceptors (Lipinski definition) is 3. The SMILES string of the molecule is CCN(CC/C(N)=N/O)C(=O)c1ccc(F)c(Br)c1. The van der Waals surface area contributed by atoms with Gasteiger partial charge in [-0.1, -0.05) is 5.16 Å². The number of carbonyl (C=O) groups is 1. The lowest BCUT2D eigenvalue weighted by atomic mass is 10.2. The van der Waals surface area contributed by atoms with Crippen LogP contribution >= 0.6 is 15.9 Å². The van der Waals surface area contributed by atoms with Crippen molar-refractivity contribution in [1.82, 2.24) is 4.90 Å². The summed E-state index contributed by atoms with van der Waals surface area (Å²) < 4.78 is 13.4. The number of benzene rings is 1. The molecule has 1 aromatic carbocycles. The number of amidine groups is 1. The van der Waals surface area contributed by atoms with Crippen LogP contribution in [0.4, 0.5) is 4.39 Å². The molecule has 1 aromatic rings. The standard InChI is InChI=1S/C12H15BrFN3O2/c1-2-17(6-5-11(15)16-19)12(18)8-3-4-10(14)9(13)7-8/h3-4,7,19H,2,5-6H2,1H3,(H2,15,16). The molecule has 0 unspecified atom stereocenters. The molecule has 1 amide bonds. The number of halogens is 2. The fourth-order valence-electron chi connectivity index (χ4n) is 1.51. The van der Waals surface area contributed by atoms with Gasteiger partial charge in [0.15, 0.2) is 0 Å². The minimum Gasteiger partial charge on any atom is -0.409 e. The van der Waals surface area contributed by atoms with E-state index in [1.165, 1.54) is 23.1 Å². The van der Waals surface area contributed by atoms with Crippen LogP contribution in [0.25, 0.3) is 0 Å². The van der Waals surface area contributed by atoms with Gasteiger partial charge in [-0.25, -0.2) is 4.39 Å². The van der Waals surface area contributed by atoms with E-state index in [0.717, 1.165) is 0 Å². The Kier molecular flexibility index (Phi) is 5.75. The van der Waals surface area contributed by atoms with Gasteiger partial charge in [0.2, 0.25) is 0 Å². The molecule has 7 heteroatoms. The second-order valence-electron chi connectivity index (χ2n) is 3.86. The molecule has 0 radical (unpaired) electrons. The molecule has 5 nitrogen and oxygen atoms in total. The molecule has 0 aliphatic rings. The van der Waals surface area contributed by atoms with Crippen molar-refractivity contribution in [3.8, 4) is 0 Å². The molecular weight excluding hydrogens is 317 g/mol. The summed E-state index contributed by atoms with van der Waals surface area (Å²) in [6, 6.07) is 4.09. The fraction of sp³-hybridized carbons (Fsp3) is 0.333. The maximum atomic E-state index is 13.1. The first-order valence-corrected chi connectivity index (χ1v) is 6.49. The molecule has 104 valence electrons. The Hall–Kier alpha value is -1.63. The van der Waals surface area contributed by atoms with E-state index in [9.17, 15) is 9.18 Å². The molecule has 0 saturated heterocycles. The molecule has 0 heterocycles. The Bertz CT molecular complexity index is 494. The number of amides is 1. The lowest BCUT2D eigenvalue weighted by molar-refractivity contribution is 0.0768. The van der Waals surface area contributed by atoms with E-state index < -0.39 is 5.82 Å². The van der Waals surface area contributed by atoms with Crippen molar-refractivity contribution in [1.29, 1.82) is 0 Å². The summed E-state index contributed by atoms with van der Waals surface area (Å²) >= 11 is 3.04. The molecule has 0 saturated carbocycles. The predicted molar refractivity (Wildman–Crippen MR) is 73.7 cm³/mol. The van der Waals surface area contributed by atoms with Crippen molar-refractivity contribution in [2.24, 2.45) is 10.9 Å².